The van der Waals surface area contributed by atoms with Gasteiger partial charge in [0.2, 0.25) is 0 Å². The van der Waals surface area contributed by atoms with Gasteiger partial charge in [-0.1, -0.05) is 46.4 Å². The van der Waals surface area contributed by atoms with E-state index in [1.54, 1.807) is 6.07 Å². The van der Waals surface area contributed by atoms with Crippen molar-refractivity contribution < 1.29 is 19.9 Å². The third kappa shape index (κ3) is 2.61. The molecule has 2 heterocycles. The van der Waals surface area contributed by atoms with Crippen LogP contribution in [0.4, 0.5) is 5.69 Å². The lowest BCUT2D eigenvalue weighted by atomic mass is 10.0. The predicted octanol–water partition coefficient (Wildman–Crippen LogP) is 4.67. The lowest BCUT2D eigenvalue weighted by molar-refractivity contribution is -0.0447. The standard InChI is InChI=1S/C12H8Cl4N2O4/c13-4-1-5-10(6(14)2-4)21-3-22-11(5)8-9(18(19)20)7(15)12(16)17-8/h1-2,11,17,19-20H,3H2/t11-/m0/s1. The van der Waals surface area contributed by atoms with E-state index in [1.807, 2.05) is 0 Å². The molecule has 1 aliphatic rings. The Bertz CT molecular complexity index is 734. The summed E-state index contributed by atoms with van der Waals surface area (Å²) in [6.45, 7) is -0.0937. The van der Waals surface area contributed by atoms with Crippen molar-refractivity contribution in [3.05, 3.63) is 43.6 Å². The van der Waals surface area contributed by atoms with Crippen LogP contribution in [0.5, 0.6) is 5.75 Å². The first-order chi connectivity index (χ1) is 10.4. The number of aromatic amines is 1. The molecule has 0 unspecified atom stereocenters. The van der Waals surface area contributed by atoms with Crippen LogP contribution in [0.3, 0.4) is 0 Å². The number of hydrogen-bond acceptors (Lipinski definition) is 5. The van der Waals surface area contributed by atoms with Crippen molar-refractivity contribution in [1.82, 2.24) is 4.98 Å². The van der Waals surface area contributed by atoms with Gasteiger partial charge < -0.3 is 14.5 Å². The van der Waals surface area contributed by atoms with Gasteiger partial charge in [0.05, 0.1) is 10.7 Å². The van der Waals surface area contributed by atoms with Crippen molar-refractivity contribution in [1.29, 1.82) is 0 Å². The predicted molar refractivity (Wildman–Crippen MR) is 81.7 cm³/mol. The van der Waals surface area contributed by atoms with Crippen molar-refractivity contribution in [2.24, 2.45) is 0 Å². The van der Waals surface area contributed by atoms with Crippen molar-refractivity contribution in [3.63, 3.8) is 0 Å². The van der Waals surface area contributed by atoms with Crippen LogP contribution >= 0.6 is 46.4 Å². The maximum absolute atomic E-state index is 9.37. The molecule has 1 aliphatic heterocycles. The molecule has 3 N–H and O–H groups in total. The number of benzene rings is 1. The van der Waals surface area contributed by atoms with E-state index in [4.69, 9.17) is 55.9 Å². The molecule has 10 heteroatoms. The molecule has 1 aromatic heterocycles. The maximum Gasteiger partial charge on any atom is 0.190 e. The van der Waals surface area contributed by atoms with Gasteiger partial charge in [-0.15, -0.1) is 5.23 Å². The smallest absolute Gasteiger partial charge is 0.190 e. The fraction of sp³-hybridized carbons (Fsp3) is 0.167. The number of ether oxygens (including phenoxy) is 2. The maximum atomic E-state index is 9.37. The lowest BCUT2D eigenvalue weighted by Gasteiger charge is -2.27. The van der Waals surface area contributed by atoms with E-state index in [2.05, 4.69) is 4.98 Å². The quantitative estimate of drug-likeness (QED) is 0.654. The van der Waals surface area contributed by atoms with Gasteiger partial charge in [0.1, 0.15) is 27.7 Å². The fourth-order valence-electron chi connectivity index (χ4n) is 2.26. The van der Waals surface area contributed by atoms with Crippen molar-refractivity contribution >= 4 is 52.1 Å². The molecular weight excluding hydrogens is 378 g/mol. The van der Waals surface area contributed by atoms with Crippen LogP contribution in [-0.4, -0.2) is 22.2 Å². The molecule has 0 spiro atoms. The van der Waals surface area contributed by atoms with Crippen LogP contribution in [0.25, 0.3) is 0 Å². The molecule has 6 nitrogen and oxygen atoms in total. The Labute approximate surface area is 144 Å². The number of aromatic nitrogens is 1. The Balaban J connectivity index is 2.19. The first-order valence-corrected chi connectivity index (χ1v) is 7.39. The van der Waals surface area contributed by atoms with Crippen molar-refractivity contribution in [3.8, 4) is 5.75 Å². The molecule has 118 valence electrons. The van der Waals surface area contributed by atoms with Crippen LogP contribution in [0.1, 0.15) is 17.4 Å². The van der Waals surface area contributed by atoms with E-state index in [0.717, 1.165) is 0 Å². The van der Waals surface area contributed by atoms with Crippen LogP contribution in [0.15, 0.2) is 12.1 Å². The Morgan fingerprint density at radius 1 is 1.18 bits per heavy atom. The van der Waals surface area contributed by atoms with Gasteiger partial charge in [-0.05, 0) is 12.1 Å². The number of H-pyrrole nitrogens is 1. The van der Waals surface area contributed by atoms with E-state index in [0.29, 0.717) is 21.4 Å². The highest BCUT2D eigenvalue weighted by Crippen LogP contribution is 2.47. The van der Waals surface area contributed by atoms with Gasteiger partial charge in [0.25, 0.3) is 0 Å². The van der Waals surface area contributed by atoms with Crippen LogP contribution < -0.4 is 9.96 Å². The molecular formula is C12H8Cl4N2O4. The minimum Gasteiger partial charge on any atom is -0.466 e. The van der Waals surface area contributed by atoms with Gasteiger partial charge in [-0.3, -0.25) is 10.4 Å². The van der Waals surface area contributed by atoms with Gasteiger partial charge in [0, 0.05) is 10.6 Å². The largest absolute Gasteiger partial charge is 0.466 e. The highest BCUT2D eigenvalue weighted by molar-refractivity contribution is 6.43. The molecule has 0 saturated heterocycles. The molecule has 2 aromatic rings. The Morgan fingerprint density at radius 2 is 1.91 bits per heavy atom. The number of nitrogens with zero attached hydrogens (tertiary/aromatic N) is 1. The second-order valence-electron chi connectivity index (χ2n) is 4.42. The van der Waals surface area contributed by atoms with Crippen LogP contribution in [0.2, 0.25) is 20.2 Å². The molecule has 3 rings (SSSR count). The monoisotopic (exact) mass is 384 g/mol. The summed E-state index contributed by atoms with van der Waals surface area (Å²) in [5.74, 6) is 0.387. The summed E-state index contributed by atoms with van der Waals surface area (Å²) in [6.07, 6.45) is -0.776. The average Bonchev–Trinajstić information content (AvgIpc) is 2.74. The summed E-state index contributed by atoms with van der Waals surface area (Å²) in [6, 6.07) is 3.13. The summed E-state index contributed by atoms with van der Waals surface area (Å²) in [4.78, 5) is 2.75. The van der Waals surface area contributed by atoms with Gasteiger partial charge >= 0.3 is 0 Å². The van der Waals surface area contributed by atoms with E-state index in [1.165, 1.54) is 6.07 Å². The minimum absolute atomic E-state index is 0.0320. The topological polar surface area (TPSA) is 78.0 Å². The highest BCUT2D eigenvalue weighted by atomic mass is 35.5. The molecule has 0 radical (unpaired) electrons. The molecule has 0 fully saturated rings. The van der Waals surface area contributed by atoms with E-state index < -0.39 is 6.10 Å². The second-order valence-corrected chi connectivity index (χ2v) is 6.02. The molecule has 22 heavy (non-hydrogen) atoms. The Hall–Kier alpha value is -0.860. The molecule has 0 saturated carbocycles. The Morgan fingerprint density at radius 3 is 2.59 bits per heavy atom. The average molecular weight is 386 g/mol. The lowest BCUT2D eigenvalue weighted by Crippen LogP contribution is -2.21. The van der Waals surface area contributed by atoms with Gasteiger partial charge in [-0.2, -0.15) is 0 Å². The second kappa shape index (κ2) is 5.98. The summed E-state index contributed by atoms with van der Waals surface area (Å²) < 4.78 is 10.9. The molecule has 1 aromatic carbocycles. The number of rotatable bonds is 2. The van der Waals surface area contributed by atoms with E-state index >= 15 is 0 Å². The molecule has 0 aliphatic carbocycles. The third-order valence-corrected chi connectivity index (χ3v) is 4.37. The summed E-state index contributed by atoms with van der Waals surface area (Å²) in [5.41, 5.74) is 0.588. The van der Waals surface area contributed by atoms with Crippen molar-refractivity contribution in [2.75, 3.05) is 12.0 Å². The fourth-order valence-corrected chi connectivity index (χ4v) is 3.24. The normalized spacial score (nSPS) is 17.1. The zero-order chi connectivity index (χ0) is 16.0. The zero-order valence-electron chi connectivity index (χ0n) is 10.6. The molecule has 1 atom stereocenters. The van der Waals surface area contributed by atoms with Crippen LogP contribution in [-0.2, 0) is 4.74 Å². The zero-order valence-corrected chi connectivity index (χ0v) is 13.6. The minimum atomic E-state index is -0.776. The van der Waals surface area contributed by atoms with E-state index in [9.17, 15) is 10.4 Å². The van der Waals surface area contributed by atoms with Crippen molar-refractivity contribution in [2.45, 2.75) is 6.10 Å². The van der Waals surface area contributed by atoms with Crippen LogP contribution in [0, 0.1) is 0 Å². The van der Waals surface area contributed by atoms with Gasteiger partial charge in [-0.25, -0.2) is 0 Å². The Kier molecular flexibility index (Phi) is 4.35. The number of halogens is 4. The molecule has 0 bridgehead atoms. The number of fused-ring (bicyclic) bond motifs is 1. The summed E-state index contributed by atoms with van der Waals surface area (Å²) in [7, 11) is 0. The summed E-state index contributed by atoms with van der Waals surface area (Å²) in [5, 5.41) is 19.3. The first kappa shape index (κ1) is 16.0. The number of hydrogen-bond donors (Lipinski definition) is 3. The molecule has 0 amide bonds. The first-order valence-electron chi connectivity index (χ1n) is 5.88. The SMILES string of the molecule is ON(O)c1c([C@H]2OCOc3c(Cl)cc(Cl)cc32)[nH]c(Cl)c1Cl. The highest BCUT2D eigenvalue weighted by Gasteiger charge is 2.33. The number of anilines is 1. The van der Waals surface area contributed by atoms with Gasteiger partial charge in [0.15, 0.2) is 6.79 Å². The summed E-state index contributed by atoms with van der Waals surface area (Å²) >= 11 is 24.0. The third-order valence-electron chi connectivity index (χ3n) is 3.12. The number of nitrogens with one attached hydrogen (secondary N) is 1. The van der Waals surface area contributed by atoms with E-state index in [-0.39, 0.29) is 33.6 Å².